The number of amides is 1. The van der Waals surface area contributed by atoms with Gasteiger partial charge in [-0.25, -0.2) is 8.42 Å². The van der Waals surface area contributed by atoms with Crippen LogP contribution < -0.4 is 4.72 Å². The number of ether oxygens (including phenoxy) is 1. The number of nitrogens with zero attached hydrogens (tertiary/aromatic N) is 1. The minimum Gasteiger partial charge on any atom is -0.381 e. The zero-order valence-corrected chi connectivity index (χ0v) is 14.6. The number of aryl methyl sites for hydroxylation is 2. The number of sulfonamides is 1. The summed E-state index contributed by atoms with van der Waals surface area (Å²) in [6, 6.07) is 0. The number of rotatable bonds is 6. The minimum absolute atomic E-state index is 0.0276. The summed E-state index contributed by atoms with van der Waals surface area (Å²) in [5, 5.41) is 3.84. The van der Waals surface area contributed by atoms with E-state index in [1.807, 2.05) is 0 Å². The number of carbonyl (C=O) groups excluding carboxylic acids is 1. The maximum Gasteiger partial charge on any atom is 0.236 e. The predicted molar refractivity (Wildman–Crippen MR) is 84.3 cm³/mol. The van der Waals surface area contributed by atoms with Crippen LogP contribution in [0.3, 0.4) is 0 Å². The van der Waals surface area contributed by atoms with E-state index < -0.39 is 21.8 Å². The molecule has 0 bridgehead atoms. The van der Waals surface area contributed by atoms with Gasteiger partial charge in [0.25, 0.3) is 0 Å². The van der Waals surface area contributed by atoms with Gasteiger partial charge >= 0.3 is 0 Å². The summed E-state index contributed by atoms with van der Waals surface area (Å²) < 4.78 is 36.8. The molecular weight excluding hydrogens is 320 g/mol. The van der Waals surface area contributed by atoms with Gasteiger partial charge in [0.05, 0.1) is 11.4 Å². The molecule has 0 radical (unpaired) electrons. The minimum atomic E-state index is -3.62. The van der Waals surface area contributed by atoms with Crippen molar-refractivity contribution in [1.29, 1.82) is 0 Å². The van der Waals surface area contributed by atoms with Gasteiger partial charge in [-0.2, -0.15) is 0 Å². The molecule has 23 heavy (non-hydrogen) atoms. The molecule has 130 valence electrons. The summed E-state index contributed by atoms with van der Waals surface area (Å²) in [6.07, 6.45) is 1.83. The van der Waals surface area contributed by atoms with Crippen LogP contribution in [0.25, 0.3) is 0 Å². The Bertz CT molecular complexity index is 627. The fourth-order valence-electron chi connectivity index (χ4n) is 2.71. The summed E-state index contributed by atoms with van der Waals surface area (Å²) in [4.78, 5) is 12.2. The largest absolute Gasteiger partial charge is 0.381 e. The molecule has 1 aromatic heterocycles. The topological polar surface area (TPSA) is 98.5 Å². The average molecular weight is 344 g/mol. The number of aromatic nitrogens is 1. The second kappa shape index (κ2) is 7.44. The number of hydrogen-bond acceptors (Lipinski definition) is 6. The third-order valence-corrected chi connectivity index (χ3v) is 5.61. The lowest BCUT2D eigenvalue weighted by molar-refractivity contribution is -0.122. The first-order valence-electron chi connectivity index (χ1n) is 7.82. The van der Waals surface area contributed by atoms with Gasteiger partial charge in [0.2, 0.25) is 15.9 Å². The third kappa shape index (κ3) is 5.04. The van der Waals surface area contributed by atoms with Crippen molar-refractivity contribution in [2.75, 3.05) is 19.0 Å². The van der Waals surface area contributed by atoms with E-state index >= 15 is 0 Å². The molecule has 1 atom stereocenters. The molecular formula is C15H24N2O5S. The van der Waals surface area contributed by atoms with Gasteiger partial charge in [0, 0.05) is 24.7 Å². The van der Waals surface area contributed by atoms with Gasteiger partial charge in [-0.05, 0) is 39.0 Å². The SMILES string of the molecule is Cc1noc(C)c1C[C@H](C)C(=O)NS(=O)(=O)CC1CCOCC1. The van der Waals surface area contributed by atoms with E-state index in [1.54, 1.807) is 20.8 Å². The van der Waals surface area contributed by atoms with E-state index in [0.717, 1.165) is 11.3 Å². The highest BCUT2D eigenvalue weighted by Gasteiger charge is 2.26. The number of carbonyl (C=O) groups is 1. The lowest BCUT2D eigenvalue weighted by Gasteiger charge is -2.22. The molecule has 0 unspecified atom stereocenters. The van der Waals surface area contributed by atoms with Crippen molar-refractivity contribution in [3.8, 4) is 0 Å². The smallest absolute Gasteiger partial charge is 0.236 e. The van der Waals surface area contributed by atoms with Gasteiger partial charge in [-0.15, -0.1) is 0 Å². The molecule has 0 aliphatic carbocycles. The van der Waals surface area contributed by atoms with E-state index in [-0.39, 0.29) is 11.7 Å². The summed E-state index contributed by atoms with van der Waals surface area (Å²) >= 11 is 0. The summed E-state index contributed by atoms with van der Waals surface area (Å²) in [5.74, 6) is -0.285. The van der Waals surface area contributed by atoms with E-state index in [1.165, 1.54) is 0 Å². The summed E-state index contributed by atoms with van der Waals surface area (Å²) in [5.41, 5.74) is 1.58. The van der Waals surface area contributed by atoms with Crippen LogP contribution in [0.1, 0.15) is 36.8 Å². The highest BCUT2D eigenvalue weighted by molar-refractivity contribution is 7.90. The lowest BCUT2D eigenvalue weighted by atomic mass is 9.99. The Hall–Kier alpha value is -1.41. The van der Waals surface area contributed by atoms with Crippen LogP contribution in [-0.2, 0) is 26.0 Å². The van der Waals surface area contributed by atoms with Gasteiger partial charge in [0.15, 0.2) is 0 Å². The second-order valence-electron chi connectivity index (χ2n) is 6.21. The highest BCUT2D eigenvalue weighted by Crippen LogP contribution is 2.19. The predicted octanol–water partition coefficient (Wildman–Crippen LogP) is 1.34. The average Bonchev–Trinajstić information content (AvgIpc) is 2.79. The fourth-order valence-corrected chi connectivity index (χ4v) is 4.26. The summed E-state index contributed by atoms with van der Waals surface area (Å²) in [7, 11) is -3.62. The van der Waals surface area contributed by atoms with Crippen molar-refractivity contribution in [3.63, 3.8) is 0 Å². The fraction of sp³-hybridized carbons (Fsp3) is 0.733. The molecule has 1 amide bonds. The Morgan fingerprint density at radius 2 is 2.00 bits per heavy atom. The van der Waals surface area contributed by atoms with Crippen LogP contribution in [-0.4, -0.2) is 38.4 Å². The van der Waals surface area contributed by atoms with Crippen molar-refractivity contribution in [2.45, 2.75) is 40.0 Å². The van der Waals surface area contributed by atoms with Gasteiger partial charge in [-0.1, -0.05) is 12.1 Å². The number of hydrogen-bond donors (Lipinski definition) is 1. The van der Waals surface area contributed by atoms with E-state index in [2.05, 4.69) is 9.88 Å². The molecule has 1 N–H and O–H groups in total. The second-order valence-corrected chi connectivity index (χ2v) is 7.98. The standard InChI is InChI=1S/C15H24N2O5S/c1-10(8-14-11(2)16-22-12(14)3)15(18)17-23(19,20)9-13-4-6-21-7-5-13/h10,13H,4-9H2,1-3H3,(H,17,18)/t10-/m0/s1. The first kappa shape index (κ1) is 17.9. The molecule has 1 aromatic rings. The molecule has 0 aromatic carbocycles. The van der Waals surface area contributed by atoms with Crippen molar-refractivity contribution >= 4 is 15.9 Å². The van der Waals surface area contributed by atoms with Crippen LogP contribution in [0.15, 0.2) is 4.52 Å². The van der Waals surface area contributed by atoms with Crippen LogP contribution in [0.2, 0.25) is 0 Å². The van der Waals surface area contributed by atoms with Gasteiger partial charge in [-0.3, -0.25) is 9.52 Å². The van der Waals surface area contributed by atoms with Gasteiger partial charge in [0.1, 0.15) is 5.76 Å². The zero-order chi connectivity index (χ0) is 17.0. The molecule has 1 aliphatic rings. The highest BCUT2D eigenvalue weighted by atomic mass is 32.2. The van der Waals surface area contributed by atoms with Gasteiger partial charge < -0.3 is 9.26 Å². The Labute approximate surface area is 136 Å². The Morgan fingerprint density at radius 1 is 1.35 bits per heavy atom. The normalized spacial score (nSPS) is 17.9. The lowest BCUT2D eigenvalue weighted by Crippen LogP contribution is -2.39. The Morgan fingerprint density at radius 3 is 2.57 bits per heavy atom. The summed E-state index contributed by atoms with van der Waals surface area (Å²) in [6.45, 7) is 6.44. The van der Waals surface area contributed by atoms with Crippen molar-refractivity contribution in [1.82, 2.24) is 9.88 Å². The molecule has 2 heterocycles. The first-order chi connectivity index (χ1) is 10.8. The van der Waals surface area contributed by atoms with Crippen molar-refractivity contribution < 1.29 is 22.5 Å². The molecule has 2 rings (SSSR count). The van der Waals surface area contributed by atoms with E-state index in [9.17, 15) is 13.2 Å². The molecule has 7 nitrogen and oxygen atoms in total. The van der Waals surface area contributed by atoms with E-state index in [0.29, 0.717) is 38.2 Å². The van der Waals surface area contributed by atoms with Crippen molar-refractivity contribution in [2.24, 2.45) is 11.8 Å². The third-order valence-electron chi connectivity index (χ3n) is 4.19. The molecule has 8 heteroatoms. The Balaban J connectivity index is 1.91. The van der Waals surface area contributed by atoms with Crippen LogP contribution in [0, 0.1) is 25.7 Å². The zero-order valence-electron chi connectivity index (χ0n) is 13.8. The molecule has 1 saturated heterocycles. The molecule has 0 spiro atoms. The van der Waals surface area contributed by atoms with E-state index in [4.69, 9.17) is 9.26 Å². The van der Waals surface area contributed by atoms with Crippen LogP contribution in [0.5, 0.6) is 0 Å². The number of nitrogens with one attached hydrogen (secondary N) is 1. The molecule has 0 saturated carbocycles. The Kier molecular flexibility index (Phi) is 5.80. The van der Waals surface area contributed by atoms with Crippen LogP contribution >= 0.6 is 0 Å². The quantitative estimate of drug-likeness (QED) is 0.836. The molecule has 1 fully saturated rings. The monoisotopic (exact) mass is 344 g/mol. The maximum absolute atomic E-state index is 12.2. The van der Waals surface area contributed by atoms with Crippen molar-refractivity contribution in [3.05, 3.63) is 17.0 Å². The van der Waals surface area contributed by atoms with Crippen LogP contribution in [0.4, 0.5) is 0 Å². The maximum atomic E-state index is 12.2. The molecule has 1 aliphatic heterocycles. The first-order valence-corrected chi connectivity index (χ1v) is 9.47.